The standard InChI is InChI=1S/C20H22N2O6/c1-24-13-20(23)22(12-16-5-4-8-27-16)11-14-9-19(28-21-14)17-7-6-15(25-2)10-18(17)26-3/h4-10H,11-13H2,1-3H3. The van der Waals surface area contributed by atoms with Gasteiger partial charge in [0.2, 0.25) is 5.91 Å². The van der Waals surface area contributed by atoms with Crippen molar-refractivity contribution < 1.29 is 27.9 Å². The minimum Gasteiger partial charge on any atom is -0.497 e. The zero-order valence-corrected chi connectivity index (χ0v) is 16.0. The predicted molar refractivity (Wildman–Crippen MR) is 99.9 cm³/mol. The van der Waals surface area contributed by atoms with Gasteiger partial charge in [-0.3, -0.25) is 4.79 Å². The molecule has 3 aromatic rings. The monoisotopic (exact) mass is 386 g/mol. The molecule has 0 aliphatic carbocycles. The average Bonchev–Trinajstić information content (AvgIpc) is 3.39. The molecule has 0 bridgehead atoms. The van der Waals surface area contributed by atoms with Crippen LogP contribution in [-0.4, -0.2) is 43.9 Å². The summed E-state index contributed by atoms with van der Waals surface area (Å²) in [7, 11) is 4.64. The first-order valence-electron chi connectivity index (χ1n) is 8.61. The van der Waals surface area contributed by atoms with Crippen molar-refractivity contribution in [3.8, 4) is 22.8 Å². The molecule has 1 amide bonds. The van der Waals surface area contributed by atoms with Crippen molar-refractivity contribution in [1.29, 1.82) is 0 Å². The van der Waals surface area contributed by atoms with E-state index in [0.717, 1.165) is 5.56 Å². The fourth-order valence-corrected chi connectivity index (χ4v) is 2.75. The highest BCUT2D eigenvalue weighted by atomic mass is 16.5. The fourth-order valence-electron chi connectivity index (χ4n) is 2.75. The van der Waals surface area contributed by atoms with Crippen LogP contribution in [0.25, 0.3) is 11.3 Å². The molecule has 28 heavy (non-hydrogen) atoms. The van der Waals surface area contributed by atoms with Crippen molar-refractivity contribution >= 4 is 5.91 Å². The van der Waals surface area contributed by atoms with Crippen LogP contribution in [0.2, 0.25) is 0 Å². The Labute approximate surface area is 162 Å². The topological polar surface area (TPSA) is 87.2 Å². The Bertz CT molecular complexity index is 903. The number of methoxy groups -OCH3 is 3. The highest BCUT2D eigenvalue weighted by Crippen LogP contribution is 2.33. The maximum atomic E-state index is 12.4. The van der Waals surface area contributed by atoms with Gasteiger partial charge in [-0.25, -0.2) is 0 Å². The Balaban J connectivity index is 1.80. The molecule has 0 spiro atoms. The van der Waals surface area contributed by atoms with Crippen molar-refractivity contribution in [2.45, 2.75) is 13.1 Å². The molecule has 0 aliphatic heterocycles. The van der Waals surface area contributed by atoms with Crippen molar-refractivity contribution in [3.05, 3.63) is 54.1 Å². The number of ether oxygens (including phenoxy) is 3. The van der Waals surface area contributed by atoms with E-state index in [0.29, 0.717) is 35.3 Å². The second-order valence-electron chi connectivity index (χ2n) is 6.01. The molecule has 0 atom stereocenters. The van der Waals surface area contributed by atoms with Gasteiger partial charge < -0.3 is 28.1 Å². The molecule has 1 aromatic carbocycles. The summed E-state index contributed by atoms with van der Waals surface area (Å²) in [5.74, 6) is 2.31. The molecule has 0 saturated carbocycles. The number of furan rings is 1. The lowest BCUT2D eigenvalue weighted by atomic mass is 10.1. The molecule has 2 heterocycles. The quantitative estimate of drug-likeness (QED) is 0.558. The van der Waals surface area contributed by atoms with Gasteiger partial charge in [0.05, 0.1) is 39.1 Å². The minimum atomic E-state index is -0.175. The molecule has 8 nitrogen and oxygen atoms in total. The summed E-state index contributed by atoms with van der Waals surface area (Å²) in [6.07, 6.45) is 1.57. The molecular weight excluding hydrogens is 364 g/mol. The van der Waals surface area contributed by atoms with Gasteiger partial charge >= 0.3 is 0 Å². The number of aromatic nitrogens is 1. The molecule has 0 aliphatic rings. The van der Waals surface area contributed by atoms with Gasteiger partial charge in [0.1, 0.15) is 29.6 Å². The van der Waals surface area contributed by atoms with Crippen LogP contribution >= 0.6 is 0 Å². The van der Waals surface area contributed by atoms with Gasteiger partial charge in [0, 0.05) is 19.2 Å². The summed E-state index contributed by atoms with van der Waals surface area (Å²) in [6, 6.07) is 10.8. The van der Waals surface area contributed by atoms with Crippen molar-refractivity contribution in [2.24, 2.45) is 0 Å². The lowest BCUT2D eigenvalue weighted by Crippen LogP contribution is -2.32. The van der Waals surface area contributed by atoms with Gasteiger partial charge in [-0.05, 0) is 24.3 Å². The minimum absolute atomic E-state index is 0.0300. The van der Waals surface area contributed by atoms with E-state index < -0.39 is 0 Å². The Morgan fingerprint density at radius 2 is 1.96 bits per heavy atom. The molecule has 0 saturated heterocycles. The van der Waals surface area contributed by atoms with Crippen LogP contribution in [0.1, 0.15) is 11.5 Å². The van der Waals surface area contributed by atoms with E-state index in [-0.39, 0.29) is 19.1 Å². The van der Waals surface area contributed by atoms with Crippen molar-refractivity contribution in [2.75, 3.05) is 27.9 Å². The van der Waals surface area contributed by atoms with Crippen LogP contribution in [0.15, 0.2) is 51.6 Å². The summed E-state index contributed by atoms with van der Waals surface area (Å²) < 4.78 is 26.4. The number of benzene rings is 1. The third-order valence-corrected chi connectivity index (χ3v) is 4.13. The van der Waals surface area contributed by atoms with Gasteiger partial charge in [-0.1, -0.05) is 5.16 Å². The van der Waals surface area contributed by atoms with E-state index in [1.54, 1.807) is 43.6 Å². The maximum absolute atomic E-state index is 12.4. The molecule has 2 aromatic heterocycles. The number of rotatable bonds is 9. The SMILES string of the molecule is COCC(=O)N(Cc1cc(-c2ccc(OC)cc2OC)on1)Cc1ccco1. The van der Waals surface area contributed by atoms with E-state index in [9.17, 15) is 4.79 Å². The molecule has 3 rings (SSSR count). The Morgan fingerprint density at radius 3 is 2.64 bits per heavy atom. The average molecular weight is 386 g/mol. The lowest BCUT2D eigenvalue weighted by Gasteiger charge is -2.19. The second kappa shape index (κ2) is 9.09. The summed E-state index contributed by atoms with van der Waals surface area (Å²) in [6.45, 7) is 0.534. The zero-order valence-electron chi connectivity index (χ0n) is 16.0. The normalized spacial score (nSPS) is 10.7. The fraction of sp³-hybridized carbons (Fsp3) is 0.300. The highest BCUT2D eigenvalue weighted by molar-refractivity contribution is 5.77. The summed E-state index contributed by atoms with van der Waals surface area (Å²) >= 11 is 0. The van der Waals surface area contributed by atoms with Gasteiger partial charge in [-0.15, -0.1) is 0 Å². The molecule has 8 heteroatoms. The van der Waals surface area contributed by atoms with Gasteiger partial charge in [-0.2, -0.15) is 0 Å². The number of hydrogen-bond donors (Lipinski definition) is 0. The first-order chi connectivity index (χ1) is 13.6. The molecule has 0 N–H and O–H groups in total. The highest BCUT2D eigenvalue weighted by Gasteiger charge is 2.19. The molecule has 0 unspecified atom stereocenters. The van der Waals surface area contributed by atoms with Gasteiger partial charge in [0.25, 0.3) is 0 Å². The van der Waals surface area contributed by atoms with E-state index in [2.05, 4.69) is 5.16 Å². The second-order valence-corrected chi connectivity index (χ2v) is 6.01. The Hall–Kier alpha value is -3.26. The zero-order chi connectivity index (χ0) is 19.9. The Morgan fingerprint density at radius 1 is 1.11 bits per heavy atom. The first kappa shape index (κ1) is 19.5. The molecule has 148 valence electrons. The molecule has 0 fully saturated rings. The van der Waals surface area contributed by atoms with Crippen molar-refractivity contribution in [3.63, 3.8) is 0 Å². The van der Waals surface area contributed by atoms with Crippen LogP contribution in [0, 0.1) is 0 Å². The third-order valence-electron chi connectivity index (χ3n) is 4.13. The largest absolute Gasteiger partial charge is 0.497 e. The van der Waals surface area contributed by atoms with E-state index in [4.69, 9.17) is 23.2 Å². The van der Waals surface area contributed by atoms with E-state index >= 15 is 0 Å². The Kier molecular flexibility index (Phi) is 6.33. The maximum Gasteiger partial charge on any atom is 0.249 e. The predicted octanol–water partition coefficient (Wildman–Crippen LogP) is 3.13. The lowest BCUT2D eigenvalue weighted by molar-refractivity contribution is -0.136. The number of carbonyl (C=O) groups excluding carboxylic acids is 1. The van der Waals surface area contributed by atoms with E-state index in [1.165, 1.54) is 7.11 Å². The number of carbonyl (C=O) groups is 1. The number of amides is 1. The van der Waals surface area contributed by atoms with Crippen LogP contribution in [0.3, 0.4) is 0 Å². The van der Waals surface area contributed by atoms with Crippen molar-refractivity contribution in [1.82, 2.24) is 10.1 Å². The molecular formula is C20H22N2O6. The summed E-state index contributed by atoms with van der Waals surface area (Å²) in [5.41, 5.74) is 1.34. The van der Waals surface area contributed by atoms with E-state index in [1.807, 2.05) is 18.2 Å². The summed E-state index contributed by atoms with van der Waals surface area (Å²) in [4.78, 5) is 14.0. The first-order valence-corrected chi connectivity index (χ1v) is 8.61. The third kappa shape index (κ3) is 4.52. The van der Waals surface area contributed by atoms with Crippen LogP contribution in [-0.2, 0) is 22.6 Å². The smallest absolute Gasteiger partial charge is 0.249 e. The number of nitrogens with zero attached hydrogens (tertiary/aromatic N) is 2. The van der Waals surface area contributed by atoms with Crippen LogP contribution in [0.4, 0.5) is 0 Å². The number of hydrogen-bond acceptors (Lipinski definition) is 7. The summed E-state index contributed by atoms with van der Waals surface area (Å²) in [5, 5.41) is 4.10. The van der Waals surface area contributed by atoms with Crippen LogP contribution < -0.4 is 9.47 Å². The molecule has 0 radical (unpaired) electrons. The van der Waals surface area contributed by atoms with Gasteiger partial charge in [0.15, 0.2) is 5.76 Å². The van der Waals surface area contributed by atoms with Crippen LogP contribution in [0.5, 0.6) is 11.5 Å².